The van der Waals surface area contributed by atoms with Gasteiger partial charge in [0.05, 0.1) is 5.02 Å². The predicted molar refractivity (Wildman–Crippen MR) is 109 cm³/mol. The van der Waals surface area contributed by atoms with Gasteiger partial charge in [0.25, 0.3) is 5.91 Å². The van der Waals surface area contributed by atoms with Crippen LogP contribution in [0.3, 0.4) is 0 Å². The quantitative estimate of drug-likeness (QED) is 0.601. The average Bonchev–Trinajstić information content (AvgIpc) is 3.15. The maximum atomic E-state index is 12.4. The zero-order valence-corrected chi connectivity index (χ0v) is 17.3. The minimum absolute atomic E-state index is 0.106. The van der Waals surface area contributed by atoms with Crippen LogP contribution in [-0.2, 0) is 0 Å². The fraction of sp³-hybridized carbons (Fsp3) is 0.476. The molecule has 3 aromatic heterocycles. The molecule has 8 heteroatoms. The first-order chi connectivity index (χ1) is 14.1. The van der Waals surface area contributed by atoms with Crippen LogP contribution in [0.1, 0.15) is 60.9 Å². The van der Waals surface area contributed by atoms with Gasteiger partial charge in [-0.15, -0.1) is 0 Å². The number of oxazole rings is 1. The zero-order valence-electron chi connectivity index (χ0n) is 15.7. The number of rotatable bonds is 5. The molecule has 3 saturated carbocycles. The summed E-state index contributed by atoms with van der Waals surface area (Å²) >= 11 is 7.70. The van der Waals surface area contributed by atoms with Gasteiger partial charge in [-0.3, -0.25) is 4.79 Å². The van der Waals surface area contributed by atoms with Crippen molar-refractivity contribution in [2.24, 2.45) is 5.41 Å². The van der Waals surface area contributed by atoms with Gasteiger partial charge in [-0.1, -0.05) is 23.4 Å². The molecule has 3 aromatic rings. The molecule has 29 heavy (non-hydrogen) atoms. The predicted octanol–water partition coefficient (Wildman–Crippen LogP) is 5.18. The lowest BCUT2D eigenvalue weighted by Crippen LogP contribution is -2.55. The van der Waals surface area contributed by atoms with Crippen molar-refractivity contribution in [3.8, 4) is 0 Å². The smallest absolute Gasteiger partial charge is 0.287 e. The minimum atomic E-state index is -0.106. The average molecular weight is 430 g/mol. The summed E-state index contributed by atoms with van der Waals surface area (Å²) < 4.78 is 11.5. The number of thioether (sulfide) groups is 1. The molecule has 1 amide bonds. The van der Waals surface area contributed by atoms with Crippen LogP contribution in [0.15, 0.2) is 38.3 Å². The molecule has 150 valence electrons. The summed E-state index contributed by atoms with van der Waals surface area (Å²) in [5.74, 6) is 1.39. The van der Waals surface area contributed by atoms with Gasteiger partial charge in [0.2, 0.25) is 11.6 Å². The Hall–Kier alpha value is -1.99. The van der Waals surface area contributed by atoms with Crippen molar-refractivity contribution in [2.45, 2.75) is 60.8 Å². The molecular weight excluding hydrogens is 410 g/mol. The van der Waals surface area contributed by atoms with Crippen molar-refractivity contribution in [1.29, 1.82) is 0 Å². The number of carbonyl (C=O) groups excluding carboxylic acids is 1. The molecule has 6 nitrogen and oxygen atoms in total. The summed E-state index contributed by atoms with van der Waals surface area (Å²) in [6.07, 6.45) is 8.16. The maximum absolute atomic E-state index is 12.4. The van der Waals surface area contributed by atoms with E-state index in [1.165, 1.54) is 12.8 Å². The number of nitrogens with one attached hydrogen (secondary N) is 1. The first-order valence-electron chi connectivity index (χ1n) is 10.0. The minimum Gasteiger partial charge on any atom is -0.445 e. The van der Waals surface area contributed by atoms with E-state index in [1.54, 1.807) is 30.1 Å². The summed E-state index contributed by atoms with van der Waals surface area (Å²) in [6, 6.07) is 5.68. The largest absolute Gasteiger partial charge is 0.445 e. The lowest BCUT2D eigenvalue weighted by Gasteiger charge is -2.57. The van der Waals surface area contributed by atoms with Gasteiger partial charge >= 0.3 is 0 Å². The topological polar surface area (TPSA) is 81.2 Å². The molecule has 0 saturated heterocycles. The number of halogens is 1. The van der Waals surface area contributed by atoms with E-state index >= 15 is 0 Å². The Morgan fingerprint density at radius 2 is 2.03 bits per heavy atom. The van der Waals surface area contributed by atoms with E-state index < -0.39 is 0 Å². The first kappa shape index (κ1) is 17.8. The van der Waals surface area contributed by atoms with Gasteiger partial charge in [0, 0.05) is 23.4 Å². The van der Waals surface area contributed by atoms with E-state index in [2.05, 4.69) is 15.3 Å². The van der Waals surface area contributed by atoms with Crippen LogP contribution >= 0.6 is 23.4 Å². The van der Waals surface area contributed by atoms with Gasteiger partial charge < -0.3 is 14.2 Å². The number of nitrogens with zero attached hydrogens (tertiary/aromatic N) is 2. The molecule has 0 radical (unpaired) electrons. The van der Waals surface area contributed by atoms with Gasteiger partial charge in [0.1, 0.15) is 5.52 Å². The van der Waals surface area contributed by atoms with E-state index in [9.17, 15) is 4.79 Å². The van der Waals surface area contributed by atoms with Crippen molar-refractivity contribution in [3.05, 3.63) is 41.1 Å². The summed E-state index contributed by atoms with van der Waals surface area (Å²) in [5.41, 5.74) is 1.57. The van der Waals surface area contributed by atoms with E-state index in [4.69, 9.17) is 20.4 Å². The van der Waals surface area contributed by atoms with Crippen molar-refractivity contribution >= 4 is 40.5 Å². The highest BCUT2D eigenvalue weighted by atomic mass is 35.5. The lowest BCUT2D eigenvalue weighted by molar-refractivity contribution is -0.0257. The highest BCUT2D eigenvalue weighted by Gasteiger charge is 2.54. The monoisotopic (exact) mass is 429 g/mol. The molecule has 3 fully saturated rings. The second kappa shape index (κ2) is 6.51. The Morgan fingerprint density at radius 3 is 2.83 bits per heavy atom. The number of carbonyl (C=O) groups is 1. The fourth-order valence-electron chi connectivity index (χ4n) is 4.68. The molecular formula is C21H20ClN3O3S. The normalized spacial score (nSPS) is 28.3. The van der Waals surface area contributed by atoms with Crippen molar-refractivity contribution in [1.82, 2.24) is 15.3 Å². The summed E-state index contributed by atoms with van der Waals surface area (Å²) in [6.45, 7) is 0. The molecule has 6 rings (SSSR count). The third-order valence-electron chi connectivity index (χ3n) is 6.25. The van der Waals surface area contributed by atoms with Crippen LogP contribution in [0.5, 0.6) is 0 Å². The lowest BCUT2D eigenvalue weighted by atomic mass is 9.50. The van der Waals surface area contributed by atoms with Crippen LogP contribution < -0.4 is 5.32 Å². The highest BCUT2D eigenvalue weighted by molar-refractivity contribution is 8.00. The number of hydrogen-bond donors (Lipinski definition) is 1. The Labute approximate surface area is 176 Å². The van der Waals surface area contributed by atoms with E-state index in [-0.39, 0.29) is 11.9 Å². The third kappa shape index (κ3) is 3.34. The van der Waals surface area contributed by atoms with Gasteiger partial charge in [0.15, 0.2) is 10.9 Å². The van der Waals surface area contributed by atoms with Crippen molar-refractivity contribution in [3.63, 3.8) is 0 Å². The Bertz CT molecular complexity index is 1090. The Morgan fingerprint density at radius 1 is 1.21 bits per heavy atom. The SMILES string of the molecule is O=C(NC1CC2(C1)CC(c1nc3cc(Cl)cnc3o1)C2)c1ccc(SC2CC2)o1. The molecule has 0 aliphatic heterocycles. The van der Waals surface area contributed by atoms with E-state index in [0.29, 0.717) is 38.6 Å². The first-order valence-corrected chi connectivity index (χ1v) is 11.3. The molecule has 3 aliphatic rings. The molecule has 0 atom stereocenters. The number of furan rings is 1. The van der Waals surface area contributed by atoms with E-state index in [1.807, 2.05) is 6.07 Å². The molecule has 0 bridgehead atoms. The maximum Gasteiger partial charge on any atom is 0.287 e. The third-order valence-corrected chi connectivity index (χ3v) is 7.71. The molecule has 3 heterocycles. The summed E-state index contributed by atoms with van der Waals surface area (Å²) in [5, 5.41) is 5.20. The van der Waals surface area contributed by atoms with Crippen LogP contribution in [0.2, 0.25) is 5.02 Å². The number of aromatic nitrogens is 2. The van der Waals surface area contributed by atoms with E-state index in [0.717, 1.165) is 36.7 Å². The molecule has 0 aromatic carbocycles. The van der Waals surface area contributed by atoms with Crippen LogP contribution in [0.25, 0.3) is 11.2 Å². The summed E-state index contributed by atoms with van der Waals surface area (Å²) in [7, 11) is 0. The van der Waals surface area contributed by atoms with Crippen molar-refractivity contribution in [2.75, 3.05) is 0 Å². The van der Waals surface area contributed by atoms with Gasteiger partial charge in [-0.05, 0) is 62.1 Å². The second-order valence-corrected chi connectivity index (χ2v) is 10.4. The molecule has 1 spiro atoms. The highest BCUT2D eigenvalue weighted by Crippen LogP contribution is 2.61. The zero-order chi connectivity index (χ0) is 19.6. The van der Waals surface area contributed by atoms with Gasteiger partial charge in [-0.2, -0.15) is 0 Å². The molecule has 3 aliphatic carbocycles. The number of hydrogen-bond acceptors (Lipinski definition) is 6. The van der Waals surface area contributed by atoms with Crippen LogP contribution in [0, 0.1) is 5.41 Å². The van der Waals surface area contributed by atoms with Gasteiger partial charge in [-0.25, -0.2) is 9.97 Å². The fourth-order valence-corrected chi connectivity index (χ4v) is 5.82. The van der Waals surface area contributed by atoms with Crippen LogP contribution in [0.4, 0.5) is 0 Å². The number of pyridine rings is 1. The van der Waals surface area contributed by atoms with Crippen molar-refractivity contribution < 1.29 is 13.6 Å². The molecule has 1 N–H and O–H groups in total. The standard InChI is InChI=1S/C21H20ClN3O3S/c22-12-5-15-20(23-10-12)28-19(25-15)11-6-21(7-11)8-13(9-21)24-18(26)16-3-4-17(27-16)29-14-1-2-14/h3-5,10-11,13-14H,1-2,6-9H2,(H,24,26). The number of fused-ring (bicyclic) bond motifs is 1. The molecule has 0 unspecified atom stereocenters. The number of amides is 1. The Kier molecular flexibility index (Phi) is 4.00. The van der Waals surface area contributed by atoms with Crippen LogP contribution in [-0.4, -0.2) is 27.2 Å². The Balaban J connectivity index is 1.02. The second-order valence-electron chi connectivity index (χ2n) is 8.65. The summed E-state index contributed by atoms with van der Waals surface area (Å²) in [4.78, 5) is 21.2.